The molecule has 0 aliphatic carbocycles. The van der Waals surface area contributed by atoms with Crippen LogP contribution in [0.5, 0.6) is 11.5 Å². The Balaban J connectivity index is 1.63. The summed E-state index contributed by atoms with van der Waals surface area (Å²) in [6.07, 6.45) is 0. The minimum Gasteiger partial charge on any atom is -0.508 e. The molecule has 2 aliphatic rings. The van der Waals surface area contributed by atoms with Crippen LogP contribution in [0.25, 0.3) is 0 Å². The molecule has 1 fully saturated rings. The Kier molecular flexibility index (Phi) is 6.20. The van der Waals surface area contributed by atoms with Gasteiger partial charge < -0.3 is 14.7 Å². The van der Waals surface area contributed by atoms with E-state index < -0.39 is 0 Å². The number of amides is 1. The van der Waals surface area contributed by atoms with Gasteiger partial charge in [0.25, 0.3) is 5.91 Å². The molecule has 1 amide bonds. The van der Waals surface area contributed by atoms with E-state index in [9.17, 15) is 9.90 Å². The summed E-state index contributed by atoms with van der Waals surface area (Å²) in [6, 6.07) is 19.7. The SMILES string of the molecule is CCN1/C(=C2/SC(=Nc3ccccc3Cl)N(c3ccc(O)cc3)C2=O)Sc2ccc(OC)cc21. The summed E-state index contributed by atoms with van der Waals surface area (Å²) in [7, 11) is 1.64. The number of rotatable bonds is 4. The quantitative estimate of drug-likeness (QED) is 0.398. The molecule has 34 heavy (non-hydrogen) atoms. The number of aromatic hydroxyl groups is 1. The van der Waals surface area contributed by atoms with Crippen LogP contribution in [-0.4, -0.2) is 29.8 Å². The Hall–Kier alpha value is -3.07. The number of thioether (sulfide) groups is 2. The van der Waals surface area contributed by atoms with Crippen LogP contribution in [0.2, 0.25) is 5.02 Å². The summed E-state index contributed by atoms with van der Waals surface area (Å²) in [5.41, 5.74) is 2.20. The molecule has 1 N–H and O–H groups in total. The number of benzene rings is 3. The average molecular weight is 510 g/mol. The van der Waals surface area contributed by atoms with Gasteiger partial charge in [0.15, 0.2) is 5.17 Å². The molecular weight excluding hydrogens is 490 g/mol. The highest BCUT2D eigenvalue weighted by molar-refractivity contribution is 8.20. The van der Waals surface area contributed by atoms with E-state index in [4.69, 9.17) is 21.3 Å². The van der Waals surface area contributed by atoms with Gasteiger partial charge in [-0.2, -0.15) is 0 Å². The fraction of sp³-hybridized carbons (Fsp3) is 0.120. The fourth-order valence-corrected chi connectivity index (χ4v) is 6.27. The largest absolute Gasteiger partial charge is 0.508 e. The maximum atomic E-state index is 13.8. The number of anilines is 2. The summed E-state index contributed by atoms with van der Waals surface area (Å²) in [6.45, 7) is 2.74. The second kappa shape index (κ2) is 9.29. The van der Waals surface area contributed by atoms with Crippen LogP contribution in [0.15, 0.2) is 86.6 Å². The van der Waals surface area contributed by atoms with Gasteiger partial charge in [-0.1, -0.05) is 35.5 Å². The average Bonchev–Trinajstić information content (AvgIpc) is 3.37. The molecule has 0 saturated carbocycles. The number of aliphatic imine (C=N–C) groups is 1. The number of amidine groups is 1. The van der Waals surface area contributed by atoms with Gasteiger partial charge >= 0.3 is 0 Å². The van der Waals surface area contributed by atoms with Crippen molar-refractivity contribution < 1.29 is 14.6 Å². The van der Waals surface area contributed by atoms with Crippen LogP contribution in [0.1, 0.15) is 6.92 Å². The minimum atomic E-state index is -0.179. The first-order valence-electron chi connectivity index (χ1n) is 10.5. The van der Waals surface area contributed by atoms with E-state index >= 15 is 0 Å². The number of phenols is 1. The Morgan fingerprint density at radius 3 is 2.53 bits per heavy atom. The number of halogens is 1. The molecule has 2 aliphatic heterocycles. The molecule has 0 atom stereocenters. The Bertz CT molecular complexity index is 1340. The monoisotopic (exact) mass is 509 g/mol. The highest BCUT2D eigenvalue weighted by Crippen LogP contribution is 2.52. The number of phenolic OH excluding ortho intramolecular Hbond substituents is 1. The van der Waals surface area contributed by atoms with Crippen molar-refractivity contribution in [2.24, 2.45) is 4.99 Å². The van der Waals surface area contributed by atoms with Crippen molar-refractivity contribution >= 4 is 63.3 Å². The summed E-state index contributed by atoms with van der Waals surface area (Å²) in [5, 5.41) is 11.6. The van der Waals surface area contributed by atoms with Gasteiger partial charge in [0.05, 0.1) is 29.2 Å². The molecule has 3 aromatic rings. The van der Waals surface area contributed by atoms with Crippen molar-refractivity contribution in [2.75, 3.05) is 23.5 Å². The standard InChI is InChI=1S/C25H20ClN3O3S2/c1-3-28-20-14-17(32-2)12-13-21(20)33-24(28)22-23(31)29(15-8-10-16(30)11-9-15)25(34-22)27-19-7-5-4-6-18(19)26/h4-14,30H,3H2,1-2H3/b24-22-,27-25?. The van der Waals surface area contributed by atoms with Gasteiger partial charge in [-0.05, 0) is 67.2 Å². The first-order chi connectivity index (χ1) is 16.5. The molecule has 0 bridgehead atoms. The maximum absolute atomic E-state index is 13.8. The summed E-state index contributed by atoms with van der Waals surface area (Å²) in [4.78, 5) is 23.9. The zero-order valence-corrected chi connectivity index (χ0v) is 20.7. The van der Waals surface area contributed by atoms with Crippen LogP contribution in [0, 0.1) is 0 Å². The van der Waals surface area contributed by atoms with E-state index in [1.165, 1.54) is 11.8 Å². The second-order valence-corrected chi connectivity index (χ2v) is 9.83. The van der Waals surface area contributed by atoms with E-state index in [1.54, 1.807) is 54.1 Å². The van der Waals surface area contributed by atoms with Gasteiger partial charge in [-0.3, -0.25) is 9.69 Å². The molecule has 9 heteroatoms. The third-order valence-electron chi connectivity index (χ3n) is 5.38. The van der Waals surface area contributed by atoms with Crippen molar-refractivity contribution in [3.63, 3.8) is 0 Å². The lowest BCUT2D eigenvalue weighted by atomic mass is 10.2. The molecule has 6 nitrogen and oxygen atoms in total. The smallest absolute Gasteiger partial charge is 0.274 e. The number of hydrogen-bond acceptors (Lipinski definition) is 7. The predicted octanol–water partition coefficient (Wildman–Crippen LogP) is 6.62. The lowest BCUT2D eigenvalue weighted by Gasteiger charge is -2.19. The predicted molar refractivity (Wildman–Crippen MR) is 141 cm³/mol. The van der Waals surface area contributed by atoms with Crippen molar-refractivity contribution in [2.45, 2.75) is 11.8 Å². The van der Waals surface area contributed by atoms with Gasteiger partial charge in [-0.25, -0.2) is 4.99 Å². The van der Waals surface area contributed by atoms with Crippen molar-refractivity contribution in [3.05, 3.63) is 81.7 Å². The molecule has 2 heterocycles. The molecule has 0 radical (unpaired) electrons. The van der Waals surface area contributed by atoms with Crippen molar-refractivity contribution in [1.29, 1.82) is 0 Å². The molecular formula is C25H20ClN3O3S2. The van der Waals surface area contributed by atoms with Crippen LogP contribution in [0.3, 0.4) is 0 Å². The zero-order valence-electron chi connectivity index (χ0n) is 18.4. The van der Waals surface area contributed by atoms with Crippen LogP contribution < -0.4 is 14.5 Å². The van der Waals surface area contributed by atoms with Crippen molar-refractivity contribution in [1.82, 2.24) is 0 Å². The molecule has 1 saturated heterocycles. The van der Waals surface area contributed by atoms with Crippen LogP contribution in [-0.2, 0) is 4.79 Å². The third kappa shape index (κ3) is 4.02. The Morgan fingerprint density at radius 2 is 1.82 bits per heavy atom. The van der Waals surface area contributed by atoms with Gasteiger partial charge in [-0.15, -0.1) is 0 Å². The number of hydrogen-bond donors (Lipinski definition) is 1. The molecule has 0 aromatic heterocycles. The van der Waals surface area contributed by atoms with E-state index in [0.717, 1.165) is 21.4 Å². The van der Waals surface area contributed by atoms with Gasteiger partial charge in [0, 0.05) is 17.5 Å². The van der Waals surface area contributed by atoms with E-state index in [0.29, 0.717) is 33.0 Å². The minimum absolute atomic E-state index is 0.124. The topological polar surface area (TPSA) is 65.4 Å². The number of ether oxygens (including phenoxy) is 1. The number of carbonyl (C=O) groups excluding carboxylic acids is 1. The fourth-order valence-electron chi connectivity index (χ4n) is 3.72. The molecule has 5 rings (SSSR count). The maximum Gasteiger partial charge on any atom is 0.274 e. The van der Waals surface area contributed by atoms with Gasteiger partial charge in [0.2, 0.25) is 0 Å². The van der Waals surface area contributed by atoms with Crippen molar-refractivity contribution in [3.8, 4) is 11.5 Å². The first-order valence-corrected chi connectivity index (χ1v) is 12.5. The second-order valence-electron chi connectivity index (χ2n) is 7.42. The first kappa shape index (κ1) is 22.7. The van der Waals surface area contributed by atoms with E-state index in [2.05, 4.69) is 11.8 Å². The molecule has 3 aromatic carbocycles. The number of fused-ring (bicyclic) bond motifs is 1. The Morgan fingerprint density at radius 1 is 1.06 bits per heavy atom. The molecule has 172 valence electrons. The van der Waals surface area contributed by atoms with Crippen LogP contribution in [0.4, 0.5) is 17.1 Å². The number of para-hydroxylation sites is 1. The van der Waals surface area contributed by atoms with E-state index in [-0.39, 0.29) is 11.7 Å². The molecule has 0 spiro atoms. The summed E-state index contributed by atoms with van der Waals surface area (Å²) in [5.74, 6) is 0.711. The highest BCUT2D eigenvalue weighted by atomic mass is 35.5. The highest BCUT2D eigenvalue weighted by Gasteiger charge is 2.40. The number of methoxy groups -OCH3 is 1. The Labute approximate surface area is 210 Å². The molecule has 0 unspecified atom stereocenters. The lowest BCUT2D eigenvalue weighted by molar-refractivity contribution is -0.113. The lowest BCUT2D eigenvalue weighted by Crippen LogP contribution is -2.29. The third-order valence-corrected chi connectivity index (χ3v) is 8.04. The zero-order chi connectivity index (χ0) is 23.8. The summed E-state index contributed by atoms with van der Waals surface area (Å²) < 4.78 is 5.41. The van der Waals surface area contributed by atoms with E-state index in [1.807, 2.05) is 36.4 Å². The van der Waals surface area contributed by atoms with Gasteiger partial charge in [0.1, 0.15) is 21.4 Å². The number of carbonyl (C=O) groups is 1. The normalized spacial score (nSPS) is 18.7. The number of nitrogens with zero attached hydrogens (tertiary/aromatic N) is 3. The van der Waals surface area contributed by atoms with Crippen LogP contribution >= 0.6 is 35.1 Å². The summed E-state index contributed by atoms with van der Waals surface area (Å²) >= 11 is 9.24.